The summed E-state index contributed by atoms with van der Waals surface area (Å²) in [6, 6.07) is 8.79. The molecule has 0 saturated carbocycles. The van der Waals surface area contributed by atoms with Crippen LogP contribution in [0.5, 0.6) is 0 Å². The van der Waals surface area contributed by atoms with Crippen molar-refractivity contribution in [2.24, 2.45) is 0 Å². The van der Waals surface area contributed by atoms with Gasteiger partial charge >= 0.3 is 5.97 Å². The Bertz CT molecular complexity index is 426. The fraction of sp³-hybridized carbons (Fsp3) is 0.533. The van der Waals surface area contributed by atoms with Gasteiger partial charge in [-0.05, 0) is 18.1 Å². The van der Waals surface area contributed by atoms with Crippen molar-refractivity contribution in [1.82, 2.24) is 10.2 Å². The zero-order valence-electron chi connectivity index (χ0n) is 12.5. The number of ether oxygens (including phenoxy) is 1. The summed E-state index contributed by atoms with van der Waals surface area (Å²) < 4.78 is 4.66. The van der Waals surface area contributed by atoms with E-state index in [1.165, 1.54) is 12.7 Å². The summed E-state index contributed by atoms with van der Waals surface area (Å²) in [5.41, 5.74) is 2.30. The van der Waals surface area contributed by atoms with E-state index < -0.39 is 0 Å². The molecule has 0 spiro atoms. The molecule has 21 heavy (non-hydrogen) atoms. The number of nitrogens with one attached hydrogen (secondary N) is 1. The van der Waals surface area contributed by atoms with Crippen molar-refractivity contribution >= 4 is 30.8 Å². The standard InChI is InChI=1S/C15H22N2O2.2ClH/c1-12-10-17(8-7-16-12)11-14-5-3-13(4-6-14)9-15(18)19-2;;/h3-6,12,16H,7-11H2,1-2H3;2*1H/t12-;;/m1../s1. The number of halogens is 2. The second kappa shape index (κ2) is 10.0. The van der Waals surface area contributed by atoms with Crippen LogP contribution in [-0.2, 0) is 22.5 Å². The molecule has 2 rings (SSSR count). The van der Waals surface area contributed by atoms with E-state index in [1.807, 2.05) is 12.1 Å². The topological polar surface area (TPSA) is 41.6 Å². The molecule has 0 aliphatic carbocycles. The SMILES string of the molecule is COC(=O)Cc1ccc(CN2CCN[C@H](C)C2)cc1.Cl.Cl. The van der Waals surface area contributed by atoms with Gasteiger partial charge in [0.25, 0.3) is 0 Å². The predicted octanol–water partition coefficient (Wildman–Crippen LogP) is 2.04. The van der Waals surface area contributed by atoms with E-state index in [2.05, 4.69) is 34.0 Å². The summed E-state index contributed by atoms with van der Waals surface area (Å²) in [4.78, 5) is 13.6. The molecule has 0 bridgehead atoms. The van der Waals surface area contributed by atoms with Crippen LogP contribution in [-0.4, -0.2) is 43.7 Å². The van der Waals surface area contributed by atoms with Gasteiger partial charge < -0.3 is 10.1 Å². The molecule has 0 radical (unpaired) electrons. The molecule has 0 unspecified atom stereocenters. The Hall–Kier alpha value is -0.810. The van der Waals surface area contributed by atoms with Gasteiger partial charge in [-0.3, -0.25) is 9.69 Å². The molecule has 1 saturated heterocycles. The number of carbonyl (C=O) groups excluding carboxylic acids is 1. The summed E-state index contributed by atoms with van der Waals surface area (Å²) in [5, 5.41) is 3.44. The number of hydrogen-bond acceptors (Lipinski definition) is 4. The first kappa shape index (κ1) is 20.2. The van der Waals surface area contributed by atoms with E-state index in [-0.39, 0.29) is 30.8 Å². The van der Waals surface area contributed by atoms with Gasteiger partial charge in [-0.2, -0.15) is 0 Å². The van der Waals surface area contributed by atoms with Crippen LogP contribution in [0.25, 0.3) is 0 Å². The number of carbonyl (C=O) groups is 1. The Morgan fingerprint density at radius 1 is 1.29 bits per heavy atom. The summed E-state index contributed by atoms with van der Waals surface area (Å²) in [7, 11) is 1.42. The lowest BCUT2D eigenvalue weighted by Crippen LogP contribution is -2.48. The first-order valence-corrected chi connectivity index (χ1v) is 6.78. The molecule has 1 aromatic carbocycles. The molecule has 6 heteroatoms. The second-order valence-electron chi connectivity index (χ2n) is 5.16. The molecule has 120 valence electrons. The summed E-state index contributed by atoms with van der Waals surface area (Å²) in [6.45, 7) is 6.43. The van der Waals surface area contributed by atoms with Gasteiger partial charge in [0.1, 0.15) is 0 Å². The average Bonchev–Trinajstić information content (AvgIpc) is 2.41. The molecule has 1 aliphatic heterocycles. The minimum Gasteiger partial charge on any atom is -0.469 e. The Kier molecular flexibility index (Phi) is 9.62. The highest BCUT2D eigenvalue weighted by atomic mass is 35.5. The highest BCUT2D eigenvalue weighted by Crippen LogP contribution is 2.10. The number of nitrogens with zero attached hydrogens (tertiary/aromatic N) is 1. The Morgan fingerprint density at radius 3 is 2.48 bits per heavy atom. The Morgan fingerprint density at radius 2 is 1.90 bits per heavy atom. The van der Waals surface area contributed by atoms with Gasteiger partial charge in [0, 0.05) is 32.2 Å². The van der Waals surface area contributed by atoms with Crippen LogP contribution in [0.2, 0.25) is 0 Å². The smallest absolute Gasteiger partial charge is 0.309 e. The van der Waals surface area contributed by atoms with E-state index >= 15 is 0 Å². The highest BCUT2D eigenvalue weighted by Gasteiger charge is 2.15. The molecule has 1 fully saturated rings. The minimum atomic E-state index is -0.191. The summed E-state index contributed by atoms with van der Waals surface area (Å²) in [6.07, 6.45) is 0.349. The molecule has 0 aromatic heterocycles. The minimum absolute atomic E-state index is 0. The van der Waals surface area contributed by atoms with Crippen molar-refractivity contribution in [3.05, 3.63) is 35.4 Å². The fourth-order valence-electron chi connectivity index (χ4n) is 2.42. The lowest BCUT2D eigenvalue weighted by Gasteiger charge is -2.31. The lowest BCUT2D eigenvalue weighted by molar-refractivity contribution is -0.139. The molecule has 0 amide bonds. The third kappa shape index (κ3) is 6.66. The molecular weight excluding hydrogens is 311 g/mol. The van der Waals surface area contributed by atoms with E-state index in [0.29, 0.717) is 12.5 Å². The summed E-state index contributed by atoms with van der Waals surface area (Å²) >= 11 is 0. The largest absolute Gasteiger partial charge is 0.469 e. The first-order chi connectivity index (χ1) is 9.17. The van der Waals surface area contributed by atoms with Gasteiger partial charge in [-0.25, -0.2) is 0 Å². The zero-order chi connectivity index (χ0) is 13.7. The third-order valence-electron chi connectivity index (χ3n) is 3.46. The molecule has 1 aromatic rings. The molecular formula is C15H24Cl2N2O2. The number of piperazine rings is 1. The Balaban J connectivity index is 0.00000200. The van der Waals surface area contributed by atoms with Crippen LogP contribution in [0, 0.1) is 0 Å². The Labute approximate surface area is 139 Å². The maximum absolute atomic E-state index is 11.2. The molecule has 4 nitrogen and oxygen atoms in total. The van der Waals surface area contributed by atoms with Crippen molar-refractivity contribution in [3.63, 3.8) is 0 Å². The number of esters is 1. The first-order valence-electron chi connectivity index (χ1n) is 6.78. The molecule has 1 heterocycles. The molecule has 1 N–H and O–H groups in total. The van der Waals surface area contributed by atoms with Crippen molar-refractivity contribution in [3.8, 4) is 0 Å². The lowest BCUT2D eigenvalue weighted by atomic mass is 10.1. The normalized spacial score (nSPS) is 18.3. The van der Waals surface area contributed by atoms with Crippen LogP contribution in [0.1, 0.15) is 18.1 Å². The van der Waals surface area contributed by atoms with Crippen LogP contribution < -0.4 is 5.32 Å². The van der Waals surface area contributed by atoms with Gasteiger partial charge in [-0.15, -0.1) is 24.8 Å². The van der Waals surface area contributed by atoms with Crippen LogP contribution in [0.15, 0.2) is 24.3 Å². The number of benzene rings is 1. The quantitative estimate of drug-likeness (QED) is 0.855. The van der Waals surface area contributed by atoms with E-state index in [1.54, 1.807) is 0 Å². The average molecular weight is 335 g/mol. The monoisotopic (exact) mass is 334 g/mol. The predicted molar refractivity (Wildman–Crippen MR) is 89.4 cm³/mol. The van der Waals surface area contributed by atoms with E-state index in [4.69, 9.17) is 0 Å². The van der Waals surface area contributed by atoms with Crippen molar-refractivity contribution < 1.29 is 9.53 Å². The van der Waals surface area contributed by atoms with E-state index in [9.17, 15) is 4.79 Å². The number of hydrogen-bond donors (Lipinski definition) is 1. The van der Waals surface area contributed by atoms with Gasteiger partial charge in [0.2, 0.25) is 0 Å². The fourth-order valence-corrected chi connectivity index (χ4v) is 2.42. The van der Waals surface area contributed by atoms with Crippen LogP contribution >= 0.6 is 24.8 Å². The highest BCUT2D eigenvalue weighted by molar-refractivity contribution is 5.85. The van der Waals surface area contributed by atoms with Crippen molar-refractivity contribution in [2.75, 3.05) is 26.7 Å². The number of rotatable bonds is 4. The molecule has 1 atom stereocenters. The third-order valence-corrected chi connectivity index (χ3v) is 3.46. The van der Waals surface area contributed by atoms with Crippen molar-refractivity contribution in [1.29, 1.82) is 0 Å². The number of methoxy groups -OCH3 is 1. The second-order valence-corrected chi connectivity index (χ2v) is 5.16. The van der Waals surface area contributed by atoms with Gasteiger partial charge in [-0.1, -0.05) is 24.3 Å². The van der Waals surface area contributed by atoms with Crippen LogP contribution in [0.3, 0.4) is 0 Å². The maximum atomic E-state index is 11.2. The maximum Gasteiger partial charge on any atom is 0.309 e. The van der Waals surface area contributed by atoms with E-state index in [0.717, 1.165) is 31.7 Å². The zero-order valence-corrected chi connectivity index (χ0v) is 14.1. The van der Waals surface area contributed by atoms with Gasteiger partial charge in [0.15, 0.2) is 0 Å². The van der Waals surface area contributed by atoms with Crippen molar-refractivity contribution in [2.45, 2.75) is 25.9 Å². The summed E-state index contributed by atoms with van der Waals surface area (Å²) in [5.74, 6) is -0.191. The van der Waals surface area contributed by atoms with Crippen LogP contribution in [0.4, 0.5) is 0 Å². The molecule has 1 aliphatic rings. The van der Waals surface area contributed by atoms with Gasteiger partial charge in [0.05, 0.1) is 13.5 Å².